The van der Waals surface area contributed by atoms with E-state index in [1.54, 1.807) is 6.20 Å². The fraction of sp³-hybridized carbons (Fsp3) is 0.586. The Hall–Kier alpha value is -2.79. The number of halogens is 1. The van der Waals surface area contributed by atoms with Crippen LogP contribution in [0.4, 0.5) is 11.8 Å². The van der Waals surface area contributed by atoms with E-state index in [4.69, 9.17) is 26.0 Å². The lowest BCUT2D eigenvalue weighted by Gasteiger charge is -2.48. The Morgan fingerprint density at radius 1 is 1.10 bits per heavy atom. The van der Waals surface area contributed by atoms with E-state index in [9.17, 15) is 5.11 Å². The van der Waals surface area contributed by atoms with E-state index in [-0.39, 0.29) is 12.6 Å². The Morgan fingerprint density at radius 2 is 1.88 bits per heavy atom. The van der Waals surface area contributed by atoms with Crippen LogP contribution in [0, 0.1) is 6.92 Å². The molecule has 2 atom stereocenters. The molecule has 2 aliphatic rings. The van der Waals surface area contributed by atoms with Gasteiger partial charge in [0, 0.05) is 56.4 Å². The van der Waals surface area contributed by atoms with Gasteiger partial charge in [-0.3, -0.25) is 9.80 Å². The second-order valence-electron chi connectivity index (χ2n) is 10.8. The van der Waals surface area contributed by atoms with Gasteiger partial charge in [-0.25, -0.2) is 9.97 Å². The molecule has 3 aromatic rings. The predicted octanol–water partition coefficient (Wildman–Crippen LogP) is 4.41. The molecule has 2 saturated heterocycles. The highest BCUT2D eigenvalue weighted by Gasteiger charge is 2.35. The van der Waals surface area contributed by atoms with Crippen LogP contribution in [-0.2, 0) is 0 Å². The van der Waals surface area contributed by atoms with Gasteiger partial charge in [-0.1, -0.05) is 42.7 Å². The van der Waals surface area contributed by atoms with E-state index in [0.717, 1.165) is 87.0 Å². The molecule has 0 bridgehead atoms. The maximum atomic E-state index is 10.2. The zero-order chi connectivity index (χ0) is 28.1. The molecule has 0 aliphatic carbocycles. The smallest absolute Gasteiger partial charge is 0.315 e. The van der Waals surface area contributed by atoms with Crippen molar-refractivity contribution >= 4 is 23.4 Å². The molecule has 0 saturated carbocycles. The number of likely N-dealkylation sites (tertiary alicyclic amines) is 1. The number of anilines is 2. The lowest BCUT2D eigenvalue weighted by molar-refractivity contribution is 0.0356. The van der Waals surface area contributed by atoms with Crippen molar-refractivity contribution in [2.45, 2.75) is 64.6 Å². The topological polar surface area (TPSA) is 107 Å². The third-order valence-electron chi connectivity index (χ3n) is 8.23. The molecule has 10 nitrogen and oxygen atoms in total. The summed E-state index contributed by atoms with van der Waals surface area (Å²) in [5.41, 5.74) is 2.59. The maximum Gasteiger partial charge on any atom is 0.315 e. The van der Waals surface area contributed by atoms with Crippen molar-refractivity contribution in [3.63, 3.8) is 0 Å². The highest BCUT2D eigenvalue weighted by molar-refractivity contribution is 6.30. The molecule has 11 heteroatoms. The molecule has 1 aromatic carbocycles. The number of piperazine rings is 1. The average Bonchev–Trinajstić information content (AvgIpc) is 3.46. The summed E-state index contributed by atoms with van der Waals surface area (Å²) in [6.07, 6.45) is 6.01. The number of aliphatic hydroxyl groups is 1. The summed E-state index contributed by atoms with van der Waals surface area (Å²) in [5.74, 6) is 1.30. The summed E-state index contributed by atoms with van der Waals surface area (Å²) in [6, 6.07) is 9.31. The first-order chi connectivity index (χ1) is 19.5. The number of nitrogens with one attached hydrogen (secondary N) is 1. The van der Waals surface area contributed by atoms with Crippen LogP contribution in [-0.4, -0.2) is 93.0 Å². The first-order valence-corrected chi connectivity index (χ1v) is 14.9. The molecule has 2 aliphatic heterocycles. The van der Waals surface area contributed by atoms with E-state index >= 15 is 0 Å². The number of aromatic nitrogens is 4. The quantitative estimate of drug-likeness (QED) is 0.365. The van der Waals surface area contributed by atoms with Crippen molar-refractivity contribution in [3.05, 3.63) is 46.7 Å². The Balaban J connectivity index is 1.19. The maximum absolute atomic E-state index is 10.2. The van der Waals surface area contributed by atoms with Gasteiger partial charge in [0.15, 0.2) is 0 Å². The summed E-state index contributed by atoms with van der Waals surface area (Å²) >= 11 is 6.08. The molecular formula is C29H41ClN8O2. The van der Waals surface area contributed by atoms with E-state index in [1.807, 2.05) is 31.2 Å². The van der Waals surface area contributed by atoms with Crippen LogP contribution in [0.15, 0.2) is 34.9 Å². The third kappa shape index (κ3) is 6.40. The molecular weight excluding hydrogens is 528 g/mol. The molecule has 2 N–H and O–H groups in total. The second-order valence-corrected chi connectivity index (χ2v) is 11.2. The first-order valence-electron chi connectivity index (χ1n) is 14.5. The van der Waals surface area contributed by atoms with E-state index < -0.39 is 0 Å². The minimum Gasteiger partial charge on any atom is -0.402 e. The minimum absolute atomic E-state index is 0.0212. The highest BCUT2D eigenvalue weighted by atomic mass is 35.5. The number of rotatable bonds is 10. The van der Waals surface area contributed by atoms with Crippen molar-refractivity contribution in [2.75, 3.05) is 56.1 Å². The number of hydrogen-bond acceptors (Lipinski definition) is 10. The van der Waals surface area contributed by atoms with Crippen LogP contribution in [0.1, 0.15) is 56.8 Å². The van der Waals surface area contributed by atoms with E-state index in [2.05, 4.69) is 44.1 Å². The normalized spacial score (nSPS) is 20.1. The lowest BCUT2D eigenvalue weighted by atomic mass is 9.96. The zero-order valence-electron chi connectivity index (χ0n) is 23.8. The Kier molecular flexibility index (Phi) is 9.52. The van der Waals surface area contributed by atoms with Crippen molar-refractivity contribution in [3.8, 4) is 11.6 Å². The lowest BCUT2D eigenvalue weighted by Crippen LogP contribution is -2.58. The summed E-state index contributed by atoms with van der Waals surface area (Å²) in [4.78, 5) is 17.1. The van der Waals surface area contributed by atoms with Crippen molar-refractivity contribution in [2.24, 2.45) is 0 Å². The van der Waals surface area contributed by atoms with Crippen LogP contribution in [0.2, 0.25) is 5.02 Å². The molecule has 216 valence electrons. The number of aliphatic hydroxyl groups excluding tert-OH is 1. The molecule has 5 rings (SSSR count). The number of benzene rings is 1. The number of piperidine rings is 1. The van der Waals surface area contributed by atoms with Gasteiger partial charge in [0.05, 0.1) is 24.5 Å². The number of hydrogen-bond donors (Lipinski definition) is 2. The largest absolute Gasteiger partial charge is 0.402 e. The summed E-state index contributed by atoms with van der Waals surface area (Å²) < 4.78 is 5.71. The first kappa shape index (κ1) is 28.7. The van der Waals surface area contributed by atoms with Gasteiger partial charge >= 0.3 is 6.01 Å². The van der Waals surface area contributed by atoms with Gasteiger partial charge in [-0.15, -0.1) is 5.10 Å². The molecule has 2 aromatic heterocycles. The zero-order valence-corrected chi connectivity index (χ0v) is 24.5. The monoisotopic (exact) mass is 568 g/mol. The molecule has 1 unspecified atom stereocenters. The summed E-state index contributed by atoms with van der Waals surface area (Å²) in [6.45, 7) is 12.1. The average molecular weight is 569 g/mol. The van der Waals surface area contributed by atoms with Gasteiger partial charge in [-0.05, 0) is 50.3 Å². The Morgan fingerprint density at radius 3 is 2.55 bits per heavy atom. The van der Waals surface area contributed by atoms with Gasteiger partial charge in [0.2, 0.25) is 0 Å². The van der Waals surface area contributed by atoms with Crippen LogP contribution in [0.3, 0.4) is 0 Å². The van der Waals surface area contributed by atoms with Crippen molar-refractivity contribution < 1.29 is 9.52 Å². The predicted molar refractivity (Wildman–Crippen MR) is 158 cm³/mol. The number of aryl methyl sites for hydroxylation is 1. The Bertz CT molecular complexity index is 1230. The van der Waals surface area contributed by atoms with Crippen LogP contribution in [0.5, 0.6) is 0 Å². The van der Waals surface area contributed by atoms with Gasteiger partial charge < -0.3 is 19.7 Å². The SMILES string of the molecule is CCCNc1nnc(-c2cnc(N3CCN(C4CCN([C@H](CO)c5ccc(Cl)cc5)CC4)C(CC)C3)c(C)n2)o1. The standard InChI is InChI=1S/C29H41ClN8O2/c1-4-12-31-29-35-34-28(40-29)25-17-32-27(20(3)33-25)37-15-16-38(23(5-2)18-37)24-10-13-36(14-11-24)26(19-39)21-6-8-22(30)9-7-21/h6-9,17,23-24,26,39H,4-5,10-16,18-19H2,1-3H3,(H,31,35)/t23?,26-/m1/s1. The van der Waals surface area contributed by atoms with Gasteiger partial charge in [-0.2, -0.15) is 0 Å². The molecule has 0 amide bonds. The fourth-order valence-electron chi connectivity index (χ4n) is 6.07. The molecule has 4 heterocycles. The van der Waals surface area contributed by atoms with Crippen molar-refractivity contribution in [1.29, 1.82) is 0 Å². The molecule has 2 fully saturated rings. The van der Waals surface area contributed by atoms with Crippen molar-refractivity contribution in [1.82, 2.24) is 30.0 Å². The van der Waals surface area contributed by atoms with Crippen LogP contribution >= 0.6 is 11.6 Å². The van der Waals surface area contributed by atoms with Crippen LogP contribution in [0.25, 0.3) is 11.6 Å². The minimum atomic E-state index is 0.0212. The van der Waals surface area contributed by atoms with Gasteiger partial charge in [0.1, 0.15) is 11.5 Å². The molecule has 0 spiro atoms. The summed E-state index contributed by atoms with van der Waals surface area (Å²) in [5, 5.41) is 22.2. The Labute approximate surface area is 241 Å². The number of nitrogens with zero attached hydrogens (tertiary/aromatic N) is 7. The fourth-order valence-corrected chi connectivity index (χ4v) is 6.20. The van der Waals surface area contributed by atoms with E-state index in [0.29, 0.717) is 29.7 Å². The summed E-state index contributed by atoms with van der Waals surface area (Å²) in [7, 11) is 0. The van der Waals surface area contributed by atoms with Crippen LogP contribution < -0.4 is 10.2 Å². The second kappa shape index (κ2) is 13.2. The van der Waals surface area contributed by atoms with Gasteiger partial charge in [0.25, 0.3) is 5.89 Å². The molecule has 0 radical (unpaired) electrons. The van der Waals surface area contributed by atoms with E-state index in [1.165, 1.54) is 0 Å². The molecule has 40 heavy (non-hydrogen) atoms. The third-order valence-corrected chi connectivity index (χ3v) is 8.48. The highest BCUT2D eigenvalue weighted by Crippen LogP contribution is 2.31.